The number of rotatable bonds is 8. The van der Waals surface area contributed by atoms with Crippen molar-refractivity contribution in [2.24, 2.45) is 0 Å². The first-order valence-corrected chi connectivity index (χ1v) is 11.5. The first-order chi connectivity index (χ1) is 15.8. The fraction of sp³-hybridized carbons (Fsp3) is 0.261. The minimum absolute atomic E-state index is 0.00759. The van der Waals surface area contributed by atoms with Crippen LogP contribution in [0.25, 0.3) is 0 Å². The monoisotopic (exact) mass is 484 g/mol. The van der Waals surface area contributed by atoms with E-state index >= 15 is 0 Å². The molecule has 3 aromatic rings. The summed E-state index contributed by atoms with van der Waals surface area (Å²) in [6.45, 7) is 4.23. The minimum Gasteiger partial charge on any atom is -0.494 e. The first kappa shape index (κ1) is 22.9. The lowest BCUT2D eigenvalue weighted by molar-refractivity contribution is -0.116. The van der Waals surface area contributed by atoms with E-state index in [9.17, 15) is 14.4 Å². The molecular weight excluding hydrogens is 464 g/mol. The number of imide groups is 1. The van der Waals surface area contributed by atoms with Crippen LogP contribution in [-0.2, 0) is 11.3 Å². The second-order valence-electron chi connectivity index (χ2n) is 7.61. The molecule has 0 spiro atoms. The molecule has 0 bridgehead atoms. The Morgan fingerprint density at radius 3 is 2.36 bits per heavy atom. The SMILES string of the molecule is Cc1cc(OCCCC(=O)Nc2nnc(CN3C(=O)c4ccccc4C3=O)s2)cc(C)c1Cl. The molecular formula is C23H21ClN4O4S. The number of aromatic nitrogens is 2. The molecule has 170 valence electrons. The van der Waals surface area contributed by atoms with Gasteiger partial charge < -0.3 is 10.1 Å². The summed E-state index contributed by atoms with van der Waals surface area (Å²) < 4.78 is 5.72. The molecule has 1 aliphatic rings. The zero-order chi connectivity index (χ0) is 23.5. The van der Waals surface area contributed by atoms with E-state index in [1.165, 1.54) is 0 Å². The molecule has 0 saturated carbocycles. The molecule has 0 radical (unpaired) electrons. The van der Waals surface area contributed by atoms with E-state index in [4.69, 9.17) is 16.3 Å². The molecule has 4 rings (SSSR count). The number of aryl methyl sites for hydroxylation is 2. The Bertz CT molecular complexity index is 1180. The van der Waals surface area contributed by atoms with E-state index in [0.717, 1.165) is 38.1 Å². The second-order valence-corrected chi connectivity index (χ2v) is 9.05. The Morgan fingerprint density at radius 2 is 1.73 bits per heavy atom. The molecule has 0 fully saturated rings. The summed E-state index contributed by atoms with van der Waals surface area (Å²) in [7, 11) is 0. The van der Waals surface area contributed by atoms with Crippen molar-refractivity contribution in [2.45, 2.75) is 33.2 Å². The van der Waals surface area contributed by atoms with E-state index < -0.39 is 0 Å². The smallest absolute Gasteiger partial charge is 0.261 e. The van der Waals surface area contributed by atoms with E-state index in [-0.39, 0.29) is 30.7 Å². The van der Waals surface area contributed by atoms with Crippen molar-refractivity contribution in [3.8, 4) is 5.75 Å². The van der Waals surface area contributed by atoms with Crippen molar-refractivity contribution in [1.82, 2.24) is 15.1 Å². The van der Waals surface area contributed by atoms with Gasteiger partial charge in [-0.3, -0.25) is 19.3 Å². The summed E-state index contributed by atoms with van der Waals surface area (Å²) in [5, 5.41) is 12.1. The first-order valence-electron chi connectivity index (χ1n) is 10.3. The standard InChI is InChI=1S/C23H21ClN4O4S/c1-13-10-15(11-14(2)20(13)24)32-9-5-8-18(29)25-23-27-26-19(33-23)12-28-21(30)16-6-3-4-7-17(16)22(28)31/h3-4,6-7,10-11H,5,8-9,12H2,1-2H3,(H,25,27,29). The molecule has 1 aliphatic heterocycles. The molecule has 8 nitrogen and oxygen atoms in total. The zero-order valence-electron chi connectivity index (χ0n) is 18.1. The third-order valence-electron chi connectivity index (χ3n) is 5.11. The maximum atomic E-state index is 12.5. The van der Waals surface area contributed by atoms with Crippen molar-refractivity contribution in [3.05, 3.63) is 68.7 Å². The van der Waals surface area contributed by atoms with Crippen molar-refractivity contribution in [3.63, 3.8) is 0 Å². The van der Waals surface area contributed by atoms with Gasteiger partial charge in [-0.05, 0) is 55.7 Å². The minimum atomic E-state index is -0.359. The van der Waals surface area contributed by atoms with Gasteiger partial charge in [0.15, 0.2) is 0 Å². The Morgan fingerprint density at radius 1 is 1.09 bits per heavy atom. The number of carbonyl (C=O) groups excluding carboxylic acids is 3. The predicted octanol–water partition coefficient (Wildman–Crippen LogP) is 4.40. The Hall–Kier alpha value is -3.30. The fourth-order valence-electron chi connectivity index (χ4n) is 3.48. The van der Waals surface area contributed by atoms with E-state index in [1.807, 2.05) is 26.0 Å². The number of nitrogens with zero attached hydrogens (tertiary/aromatic N) is 3. The molecule has 2 heterocycles. The lowest BCUT2D eigenvalue weighted by Gasteiger charge is -2.10. The van der Waals surface area contributed by atoms with Crippen LogP contribution in [0.4, 0.5) is 5.13 Å². The Labute approximate surface area is 199 Å². The van der Waals surface area contributed by atoms with Crippen molar-refractivity contribution < 1.29 is 19.1 Å². The number of benzene rings is 2. The molecule has 1 aromatic heterocycles. The molecule has 0 atom stereocenters. The molecule has 0 saturated heterocycles. The van der Waals surface area contributed by atoms with Gasteiger partial charge in [0.1, 0.15) is 10.8 Å². The molecule has 0 unspecified atom stereocenters. The Kier molecular flexibility index (Phi) is 6.71. The van der Waals surface area contributed by atoms with Crippen molar-refractivity contribution in [2.75, 3.05) is 11.9 Å². The highest BCUT2D eigenvalue weighted by molar-refractivity contribution is 7.15. The third kappa shape index (κ3) is 5.04. The number of carbonyl (C=O) groups is 3. The molecule has 0 aliphatic carbocycles. The highest BCUT2D eigenvalue weighted by Gasteiger charge is 2.35. The number of hydrogen-bond donors (Lipinski definition) is 1. The van der Waals surface area contributed by atoms with Gasteiger partial charge in [-0.15, -0.1) is 10.2 Å². The number of nitrogens with one attached hydrogen (secondary N) is 1. The lowest BCUT2D eigenvalue weighted by Crippen LogP contribution is -2.29. The number of fused-ring (bicyclic) bond motifs is 1. The Balaban J connectivity index is 1.25. The van der Waals surface area contributed by atoms with Gasteiger partial charge in [-0.2, -0.15) is 0 Å². The lowest BCUT2D eigenvalue weighted by atomic mass is 10.1. The van der Waals surface area contributed by atoms with Crippen LogP contribution in [0.5, 0.6) is 5.75 Å². The summed E-state index contributed by atoms with van der Waals surface area (Å²) in [5.41, 5.74) is 2.65. The van der Waals surface area contributed by atoms with Gasteiger partial charge in [-0.1, -0.05) is 35.1 Å². The second kappa shape index (κ2) is 9.68. The van der Waals surface area contributed by atoms with Gasteiger partial charge in [-0.25, -0.2) is 0 Å². The highest BCUT2D eigenvalue weighted by atomic mass is 35.5. The quantitative estimate of drug-likeness (QED) is 0.375. The predicted molar refractivity (Wildman–Crippen MR) is 125 cm³/mol. The van der Waals surface area contributed by atoms with E-state index in [1.54, 1.807) is 24.3 Å². The third-order valence-corrected chi connectivity index (χ3v) is 6.53. The van der Waals surface area contributed by atoms with Crippen LogP contribution in [0.15, 0.2) is 36.4 Å². The van der Waals surface area contributed by atoms with Crippen molar-refractivity contribution in [1.29, 1.82) is 0 Å². The number of hydrogen-bond acceptors (Lipinski definition) is 7. The van der Waals surface area contributed by atoms with Gasteiger partial charge >= 0.3 is 0 Å². The van der Waals surface area contributed by atoms with Crippen LogP contribution in [-0.4, -0.2) is 39.4 Å². The topological polar surface area (TPSA) is 101 Å². The summed E-state index contributed by atoms with van der Waals surface area (Å²) in [6.07, 6.45) is 0.770. The van der Waals surface area contributed by atoms with Gasteiger partial charge in [0.2, 0.25) is 11.0 Å². The molecule has 1 N–H and O–H groups in total. The number of halogens is 1. The fourth-order valence-corrected chi connectivity index (χ4v) is 4.33. The molecule has 10 heteroatoms. The molecule has 33 heavy (non-hydrogen) atoms. The zero-order valence-corrected chi connectivity index (χ0v) is 19.6. The maximum absolute atomic E-state index is 12.5. The summed E-state index contributed by atoms with van der Waals surface area (Å²) >= 11 is 7.29. The molecule has 3 amide bonds. The van der Waals surface area contributed by atoms with Crippen molar-refractivity contribution >= 4 is 45.8 Å². The largest absolute Gasteiger partial charge is 0.494 e. The van der Waals surface area contributed by atoms with Gasteiger partial charge in [0.05, 0.1) is 24.3 Å². The average molecular weight is 485 g/mol. The van der Waals surface area contributed by atoms with Crippen LogP contribution < -0.4 is 10.1 Å². The van der Waals surface area contributed by atoms with Gasteiger partial charge in [0, 0.05) is 11.4 Å². The van der Waals surface area contributed by atoms with E-state index in [0.29, 0.717) is 34.3 Å². The maximum Gasteiger partial charge on any atom is 0.261 e. The number of anilines is 1. The normalized spacial score (nSPS) is 12.8. The average Bonchev–Trinajstić information content (AvgIpc) is 3.33. The summed E-state index contributed by atoms with van der Waals surface area (Å²) in [5.74, 6) is -0.216. The molecule has 2 aromatic carbocycles. The number of ether oxygens (including phenoxy) is 1. The van der Waals surface area contributed by atoms with Crippen LogP contribution in [0, 0.1) is 13.8 Å². The van der Waals surface area contributed by atoms with Crippen LogP contribution in [0.2, 0.25) is 5.02 Å². The van der Waals surface area contributed by atoms with Crippen LogP contribution >= 0.6 is 22.9 Å². The summed E-state index contributed by atoms with van der Waals surface area (Å²) in [6, 6.07) is 10.4. The summed E-state index contributed by atoms with van der Waals surface area (Å²) in [4.78, 5) is 38.3. The van der Waals surface area contributed by atoms with Crippen LogP contribution in [0.3, 0.4) is 0 Å². The van der Waals surface area contributed by atoms with Gasteiger partial charge in [0.25, 0.3) is 11.8 Å². The van der Waals surface area contributed by atoms with Crippen LogP contribution in [0.1, 0.15) is 49.7 Å². The van der Waals surface area contributed by atoms with E-state index in [2.05, 4.69) is 15.5 Å². The highest BCUT2D eigenvalue weighted by Crippen LogP contribution is 2.27. The number of amides is 3.